The summed E-state index contributed by atoms with van der Waals surface area (Å²) in [7, 11) is 0. The minimum absolute atomic E-state index is 0.150. The second kappa shape index (κ2) is 5.09. The van der Waals surface area contributed by atoms with E-state index in [0.29, 0.717) is 5.92 Å². The molecule has 4 amide bonds. The minimum atomic E-state index is -0.586. The quantitative estimate of drug-likeness (QED) is 0.734. The van der Waals surface area contributed by atoms with Crippen LogP contribution in [0.25, 0.3) is 0 Å². The third-order valence-electron chi connectivity index (χ3n) is 2.65. The van der Waals surface area contributed by atoms with Crippen molar-refractivity contribution in [1.82, 2.24) is 10.2 Å². The summed E-state index contributed by atoms with van der Waals surface area (Å²) in [5.41, 5.74) is 0. The molecule has 0 saturated carbocycles. The fourth-order valence-electron chi connectivity index (χ4n) is 1.71. The van der Waals surface area contributed by atoms with Crippen LogP contribution in [0.2, 0.25) is 0 Å². The van der Waals surface area contributed by atoms with E-state index in [0.717, 1.165) is 17.7 Å². The molecule has 0 aromatic heterocycles. The summed E-state index contributed by atoms with van der Waals surface area (Å²) in [6.45, 7) is 6.01. The Kier molecular flexibility index (Phi) is 4.04. The monoisotopic (exact) mass is 226 g/mol. The van der Waals surface area contributed by atoms with E-state index in [-0.39, 0.29) is 12.5 Å². The Bertz CT molecular complexity index is 292. The van der Waals surface area contributed by atoms with Gasteiger partial charge in [-0.25, -0.2) is 4.79 Å². The molecule has 0 bridgehead atoms. The standard InChI is InChI=1S/C11H18N2O3/c1-7(2)4-5-8(3)13-10(15)6-9(14)12-11(13)16/h7-8H,4-6H2,1-3H3,(H,12,14,16). The summed E-state index contributed by atoms with van der Waals surface area (Å²) >= 11 is 0. The lowest BCUT2D eigenvalue weighted by Crippen LogP contribution is -2.55. The molecule has 5 nitrogen and oxygen atoms in total. The molecule has 1 aliphatic heterocycles. The molecule has 90 valence electrons. The molecule has 0 spiro atoms. The van der Waals surface area contributed by atoms with Crippen LogP contribution in [0.1, 0.15) is 40.0 Å². The van der Waals surface area contributed by atoms with Crippen molar-refractivity contribution in [2.24, 2.45) is 5.92 Å². The zero-order valence-electron chi connectivity index (χ0n) is 9.95. The van der Waals surface area contributed by atoms with Gasteiger partial charge < -0.3 is 0 Å². The van der Waals surface area contributed by atoms with Crippen molar-refractivity contribution in [3.63, 3.8) is 0 Å². The van der Waals surface area contributed by atoms with Gasteiger partial charge >= 0.3 is 6.03 Å². The Morgan fingerprint density at radius 3 is 2.31 bits per heavy atom. The van der Waals surface area contributed by atoms with Crippen molar-refractivity contribution in [2.45, 2.75) is 46.1 Å². The molecule has 1 fully saturated rings. The summed E-state index contributed by atoms with van der Waals surface area (Å²) in [5, 5.41) is 2.16. The van der Waals surface area contributed by atoms with Gasteiger partial charge in [-0.1, -0.05) is 13.8 Å². The number of imide groups is 2. The van der Waals surface area contributed by atoms with E-state index in [4.69, 9.17) is 0 Å². The van der Waals surface area contributed by atoms with Crippen molar-refractivity contribution in [3.05, 3.63) is 0 Å². The molecular weight excluding hydrogens is 208 g/mol. The first-order chi connectivity index (χ1) is 7.41. The number of hydrogen-bond acceptors (Lipinski definition) is 3. The highest BCUT2D eigenvalue weighted by Gasteiger charge is 2.33. The Morgan fingerprint density at radius 1 is 1.19 bits per heavy atom. The molecule has 1 N–H and O–H groups in total. The van der Waals surface area contributed by atoms with E-state index in [1.165, 1.54) is 0 Å². The fourth-order valence-corrected chi connectivity index (χ4v) is 1.71. The highest BCUT2D eigenvalue weighted by Crippen LogP contribution is 2.15. The number of carbonyl (C=O) groups is 3. The fraction of sp³-hybridized carbons (Fsp3) is 0.727. The van der Waals surface area contributed by atoms with Crippen LogP contribution in [0, 0.1) is 5.92 Å². The maximum atomic E-state index is 11.5. The molecule has 1 unspecified atom stereocenters. The topological polar surface area (TPSA) is 66.5 Å². The van der Waals surface area contributed by atoms with Gasteiger partial charge in [-0.05, 0) is 25.7 Å². The van der Waals surface area contributed by atoms with Crippen LogP contribution in [-0.2, 0) is 9.59 Å². The molecule has 0 radical (unpaired) electrons. The average Bonchev–Trinajstić information content (AvgIpc) is 2.12. The lowest BCUT2D eigenvalue weighted by molar-refractivity contribution is -0.137. The van der Waals surface area contributed by atoms with Crippen LogP contribution in [0.15, 0.2) is 0 Å². The van der Waals surface area contributed by atoms with Crippen molar-refractivity contribution >= 4 is 17.8 Å². The van der Waals surface area contributed by atoms with Crippen molar-refractivity contribution in [2.75, 3.05) is 0 Å². The van der Waals surface area contributed by atoms with Gasteiger partial charge in [0.1, 0.15) is 6.42 Å². The summed E-state index contributed by atoms with van der Waals surface area (Å²) in [6.07, 6.45) is 1.49. The number of hydrogen-bond donors (Lipinski definition) is 1. The Hall–Kier alpha value is -1.39. The molecule has 5 heteroatoms. The average molecular weight is 226 g/mol. The SMILES string of the molecule is CC(C)CCC(C)N1C(=O)CC(=O)NC1=O. The number of nitrogens with one attached hydrogen (secondary N) is 1. The molecule has 0 aliphatic carbocycles. The predicted molar refractivity (Wildman–Crippen MR) is 58.5 cm³/mol. The lowest BCUT2D eigenvalue weighted by atomic mass is 10.0. The van der Waals surface area contributed by atoms with E-state index < -0.39 is 17.8 Å². The predicted octanol–water partition coefficient (Wildman–Crippen LogP) is 1.28. The molecule has 0 aromatic rings. The van der Waals surface area contributed by atoms with E-state index >= 15 is 0 Å². The van der Waals surface area contributed by atoms with Gasteiger partial charge in [-0.3, -0.25) is 19.8 Å². The van der Waals surface area contributed by atoms with Gasteiger partial charge in [0.25, 0.3) is 0 Å². The molecule has 1 aliphatic rings. The van der Waals surface area contributed by atoms with E-state index in [1.54, 1.807) is 0 Å². The first-order valence-electron chi connectivity index (χ1n) is 5.57. The number of urea groups is 1. The molecular formula is C11H18N2O3. The Balaban J connectivity index is 2.60. The smallest absolute Gasteiger partial charge is 0.277 e. The van der Waals surface area contributed by atoms with Crippen LogP contribution < -0.4 is 5.32 Å². The van der Waals surface area contributed by atoms with Crippen LogP contribution >= 0.6 is 0 Å². The molecule has 16 heavy (non-hydrogen) atoms. The largest absolute Gasteiger partial charge is 0.331 e. The van der Waals surface area contributed by atoms with Crippen molar-refractivity contribution < 1.29 is 14.4 Å². The third kappa shape index (κ3) is 3.05. The van der Waals surface area contributed by atoms with Gasteiger partial charge in [-0.15, -0.1) is 0 Å². The van der Waals surface area contributed by atoms with Crippen LogP contribution in [0.4, 0.5) is 4.79 Å². The second-order valence-corrected chi connectivity index (χ2v) is 4.61. The molecule has 1 atom stereocenters. The maximum Gasteiger partial charge on any atom is 0.331 e. The van der Waals surface area contributed by atoms with E-state index in [2.05, 4.69) is 19.2 Å². The van der Waals surface area contributed by atoms with Gasteiger partial charge in [0, 0.05) is 6.04 Å². The highest BCUT2D eigenvalue weighted by molar-refractivity contribution is 6.14. The van der Waals surface area contributed by atoms with E-state index in [9.17, 15) is 14.4 Å². The highest BCUT2D eigenvalue weighted by atomic mass is 16.2. The first-order valence-corrected chi connectivity index (χ1v) is 5.57. The van der Waals surface area contributed by atoms with Gasteiger partial charge in [-0.2, -0.15) is 0 Å². The summed E-state index contributed by atoms with van der Waals surface area (Å²) in [6, 6.07) is -0.736. The van der Waals surface area contributed by atoms with Crippen LogP contribution in [-0.4, -0.2) is 28.8 Å². The minimum Gasteiger partial charge on any atom is -0.277 e. The molecule has 0 aromatic carbocycles. The normalized spacial score (nSPS) is 19.0. The Morgan fingerprint density at radius 2 is 1.81 bits per heavy atom. The summed E-state index contributed by atoms with van der Waals surface area (Å²) in [4.78, 5) is 35.1. The van der Waals surface area contributed by atoms with Crippen LogP contribution in [0.5, 0.6) is 0 Å². The van der Waals surface area contributed by atoms with Crippen molar-refractivity contribution in [1.29, 1.82) is 0 Å². The number of rotatable bonds is 4. The molecule has 1 heterocycles. The maximum absolute atomic E-state index is 11.5. The zero-order chi connectivity index (χ0) is 12.3. The first kappa shape index (κ1) is 12.7. The number of nitrogens with zero attached hydrogens (tertiary/aromatic N) is 1. The number of amides is 4. The lowest BCUT2D eigenvalue weighted by Gasteiger charge is -2.30. The zero-order valence-corrected chi connectivity index (χ0v) is 9.95. The third-order valence-corrected chi connectivity index (χ3v) is 2.65. The summed E-state index contributed by atoms with van der Waals surface area (Å²) < 4.78 is 0. The van der Waals surface area contributed by atoms with Gasteiger partial charge in [0.2, 0.25) is 11.8 Å². The second-order valence-electron chi connectivity index (χ2n) is 4.61. The number of barbiturate groups is 1. The molecule has 1 saturated heterocycles. The van der Waals surface area contributed by atoms with E-state index in [1.807, 2.05) is 6.92 Å². The van der Waals surface area contributed by atoms with Crippen molar-refractivity contribution in [3.8, 4) is 0 Å². The number of carbonyl (C=O) groups excluding carboxylic acids is 3. The Labute approximate surface area is 95.2 Å². The van der Waals surface area contributed by atoms with Gasteiger partial charge in [0.15, 0.2) is 0 Å². The summed E-state index contributed by atoms with van der Waals surface area (Å²) in [5.74, 6) is -0.376. The molecule has 1 rings (SSSR count). The van der Waals surface area contributed by atoms with Crippen LogP contribution in [0.3, 0.4) is 0 Å². The van der Waals surface area contributed by atoms with Gasteiger partial charge in [0.05, 0.1) is 0 Å².